The Morgan fingerprint density at radius 1 is 0.635 bits per heavy atom. The molecule has 270 valence electrons. The number of aliphatic hydroxyl groups excluding tert-OH is 2. The number of nitrogens with one attached hydrogen (secondary N) is 2. The van der Waals surface area contributed by atoms with Gasteiger partial charge in [-0.1, -0.05) is 60.7 Å². The standard InChI is InChI=1S/C42H44N2O8/c1-51-31-17-25(13-27(19-31)21-43-39(23-45)41(47)48)15-29-9-11-37-33(29)5-3-7-35(37)36-8-4-6-34-30(10-12-38(34)36)16-26-14-28(20-32(18-26)52-2)22-44-40(24-46)42(49)50/h3-8,13-20,39-40,43-46H,9-12,21-24H2,1-2H3,(H,47,48)(H,49,50)/b29-15+,30-16+/t39-,40+. The number of rotatable bonds is 15. The van der Waals surface area contributed by atoms with Crippen LogP contribution in [0.25, 0.3) is 34.4 Å². The van der Waals surface area contributed by atoms with Gasteiger partial charge in [-0.25, -0.2) is 0 Å². The van der Waals surface area contributed by atoms with E-state index in [0.29, 0.717) is 11.5 Å². The Kier molecular flexibility index (Phi) is 11.5. The third kappa shape index (κ3) is 8.11. The Morgan fingerprint density at radius 2 is 1.04 bits per heavy atom. The van der Waals surface area contributed by atoms with E-state index < -0.39 is 37.2 Å². The SMILES string of the molecule is COc1cc(/C=C2\CCc3c2cccc3-c2cccc3c2CC/C3=C\c2cc(CN[C@H](CO)C(=O)O)cc(OC)c2)cc(CN[C@@H](CO)C(=O)O)c1. The molecule has 0 saturated heterocycles. The number of carboxylic acid groups (broad SMARTS) is 2. The molecular weight excluding hydrogens is 660 g/mol. The van der Waals surface area contributed by atoms with Gasteiger partial charge in [0.15, 0.2) is 0 Å². The summed E-state index contributed by atoms with van der Waals surface area (Å²) in [5.74, 6) is -0.854. The van der Waals surface area contributed by atoms with Crippen molar-refractivity contribution >= 4 is 35.2 Å². The van der Waals surface area contributed by atoms with E-state index in [1.54, 1.807) is 14.2 Å². The molecule has 4 aromatic carbocycles. The van der Waals surface area contributed by atoms with Gasteiger partial charge in [0, 0.05) is 13.1 Å². The van der Waals surface area contributed by atoms with E-state index >= 15 is 0 Å². The van der Waals surface area contributed by atoms with Crippen molar-refractivity contribution in [3.8, 4) is 22.6 Å². The molecule has 0 heterocycles. The number of hydrogen-bond donors (Lipinski definition) is 6. The Labute approximate surface area is 303 Å². The van der Waals surface area contributed by atoms with E-state index in [1.807, 2.05) is 36.4 Å². The van der Waals surface area contributed by atoms with Gasteiger partial charge in [-0.15, -0.1) is 0 Å². The summed E-state index contributed by atoms with van der Waals surface area (Å²) in [4.78, 5) is 22.8. The molecule has 6 rings (SSSR count). The molecule has 2 aliphatic rings. The summed E-state index contributed by atoms with van der Waals surface area (Å²) in [6.07, 6.45) is 7.98. The molecule has 6 N–H and O–H groups in total. The highest BCUT2D eigenvalue weighted by atomic mass is 16.5. The molecule has 10 heteroatoms. The number of hydrogen-bond acceptors (Lipinski definition) is 8. The van der Waals surface area contributed by atoms with Crippen molar-refractivity contribution in [3.63, 3.8) is 0 Å². The van der Waals surface area contributed by atoms with Crippen molar-refractivity contribution in [2.75, 3.05) is 27.4 Å². The second kappa shape index (κ2) is 16.4. The Balaban J connectivity index is 1.28. The molecular formula is C42H44N2O8. The third-order valence-corrected chi connectivity index (χ3v) is 9.82. The number of carbonyl (C=O) groups is 2. The number of benzene rings is 4. The minimum absolute atomic E-state index is 0.273. The van der Waals surface area contributed by atoms with E-state index in [0.717, 1.165) is 47.9 Å². The van der Waals surface area contributed by atoms with Gasteiger partial charge in [-0.3, -0.25) is 20.2 Å². The second-order valence-corrected chi connectivity index (χ2v) is 13.1. The summed E-state index contributed by atoms with van der Waals surface area (Å²) in [6.45, 7) is -0.448. The first-order chi connectivity index (χ1) is 25.2. The first-order valence-electron chi connectivity index (χ1n) is 17.4. The molecule has 0 radical (unpaired) electrons. The van der Waals surface area contributed by atoms with Crippen molar-refractivity contribution < 1.29 is 39.5 Å². The number of aliphatic hydroxyl groups is 2. The fourth-order valence-corrected chi connectivity index (χ4v) is 7.23. The first kappa shape index (κ1) is 36.5. The minimum atomic E-state index is -1.10. The smallest absolute Gasteiger partial charge is 0.323 e. The summed E-state index contributed by atoms with van der Waals surface area (Å²) in [7, 11) is 3.22. The van der Waals surface area contributed by atoms with E-state index in [2.05, 4.69) is 59.2 Å². The van der Waals surface area contributed by atoms with Crippen LogP contribution < -0.4 is 20.1 Å². The number of allylic oxidation sites excluding steroid dienone is 2. The van der Waals surface area contributed by atoms with Crippen LogP contribution >= 0.6 is 0 Å². The lowest BCUT2D eigenvalue weighted by Crippen LogP contribution is -2.39. The van der Waals surface area contributed by atoms with Crippen LogP contribution in [0.1, 0.15) is 57.3 Å². The normalized spacial score (nSPS) is 16.1. The highest BCUT2D eigenvalue weighted by Gasteiger charge is 2.25. The number of ether oxygens (including phenoxy) is 2. The monoisotopic (exact) mass is 704 g/mol. The second-order valence-electron chi connectivity index (χ2n) is 13.1. The van der Waals surface area contributed by atoms with Crippen molar-refractivity contribution in [1.29, 1.82) is 0 Å². The molecule has 4 aromatic rings. The van der Waals surface area contributed by atoms with Crippen LogP contribution in [0, 0.1) is 0 Å². The highest BCUT2D eigenvalue weighted by Crippen LogP contribution is 2.44. The maximum Gasteiger partial charge on any atom is 0.323 e. The number of methoxy groups -OCH3 is 2. The zero-order chi connectivity index (χ0) is 36.8. The molecule has 0 aromatic heterocycles. The lowest BCUT2D eigenvalue weighted by molar-refractivity contribution is -0.141. The number of carboxylic acids is 2. The van der Waals surface area contributed by atoms with Crippen molar-refractivity contribution in [1.82, 2.24) is 10.6 Å². The largest absolute Gasteiger partial charge is 0.497 e. The predicted octanol–water partition coefficient (Wildman–Crippen LogP) is 5.41. The van der Waals surface area contributed by atoms with E-state index in [9.17, 15) is 30.0 Å². The average molecular weight is 705 g/mol. The quantitative estimate of drug-likeness (QED) is 0.0945. The van der Waals surface area contributed by atoms with E-state index in [4.69, 9.17) is 9.47 Å². The van der Waals surface area contributed by atoms with Gasteiger partial charge >= 0.3 is 11.9 Å². The summed E-state index contributed by atoms with van der Waals surface area (Å²) in [6, 6.07) is 22.7. The lowest BCUT2D eigenvalue weighted by Gasteiger charge is -2.14. The van der Waals surface area contributed by atoms with Crippen molar-refractivity contribution in [2.24, 2.45) is 0 Å². The van der Waals surface area contributed by atoms with Crippen LogP contribution in [-0.2, 0) is 35.5 Å². The lowest BCUT2D eigenvalue weighted by atomic mass is 9.91. The maximum atomic E-state index is 11.4. The zero-order valence-electron chi connectivity index (χ0n) is 29.3. The van der Waals surface area contributed by atoms with Crippen LogP contribution in [0.2, 0.25) is 0 Å². The van der Waals surface area contributed by atoms with Crippen LogP contribution in [0.4, 0.5) is 0 Å². The molecule has 0 unspecified atom stereocenters. The molecule has 0 aliphatic heterocycles. The fraction of sp³-hybridized carbons (Fsp3) is 0.286. The van der Waals surface area contributed by atoms with Gasteiger partial charge in [-0.05, 0) is 117 Å². The van der Waals surface area contributed by atoms with Gasteiger partial charge in [0.1, 0.15) is 23.6 Å². The van der Waals surface area contributed by atoms with Crippen molar-refractivity contribution in [3.05, 3.63) is 117 Å². The minimum Gasteiger partial charge on any atom is -0.497 e. The van der Waals surface area contributed by atoms with Crippen LogP contribution in [0.5, 0.6) is 11.5 Å². The van der Waals surface area contributed by atoms with Crippen molar-refractivity contribution in [2.45, 2.75) is 50.9 Å². The summed E-state index contributed by atoms with van der Waals surface area (Å²) in [5.41, 5.74) is 13.7. The highest BCUT2D eigenvalue weighted by molar-refractivity contribution is 5.93. The Bertz CT molecular complexity index is 1890. The average Bonchev–Trinajstić information content (AvgIpc) is 3.75. The molecule has 0 bridgehead atoms. The molecule has 0 saturated carbocycles. The third-order valence-electron chi connectivity index (χ3n) is 9.82. The maximum absolute atomic E-state index is 11.4. The zero-order valence-corrected chi connectivity index (χ0v) is 29.3. The summed E-state index contributed by atoms with van der Waals surface area (Å²) in [5, 5.41) is 43.2. The fourth-order valence-electron chi connectivity index (χ4n) is 7.23. The van der Waals surface area contributed by atoms with Gasteiger partial charge in [0.25, 0.3) is 0 Å². The van der Waals surface area contributed by atoms with E-state index in [-0.39, 0.29) is 13.1 Å². The molecule has 2 aliphatic carbocycles. The number of aliphatic carboxylic acids is 2. The molecule has 0 amide bonds. The molecule has 0 spiro atoms. The van der Waals surface area contributed by atoms with Crippen LogP contribution in [-0.4, -0.2) is 71.9 Å². The van der Waals surface area contributed by atoms with Crippen LogP contribution in [0.15, 0.2) is 72.8 Å². The molecule has 2 atom stereocenters. The summed E-state index contributed by atoms with van der Waals surface area (Å²) >= 11 is 0. The Morgan fingerprint density at radius 3 is 1.40 bits per heavy atom. The molecule has 10 nitrogen and oxygen atoms in total. The van der Waals surface area contributed by atoms with Gasteiger partial charge in [-0.2, -0.15) is 0 Å². The predicted molar refractivity (Wildman–Crippen MR) is 201 cm³/mol. The van der Waals surface area contributed by atoms with E-state index in [1.165, 1.54) is 44.5 Å². The molecule has 52 heavy (non-hydrogen) atoms. The van der Waals surface area contributed by atoms with Gasteiger partial charge < -0.3 is 29.9 Å². The Hall–Kier alpha value is -5.26. The summed E-state index contributed by atoms with van der Waals surface area (Å²) < 4.78 is 11.1. The number of fused-ring (bicyclic) bond motifs is 2. The topological polar surface area (TPSA) is 158 Å². The van der Waals surface area contributed by atoms with Gasteiger partial charge in [0.2, 0.25) is 0 Å². The molecule has 0 fully saturated rings. The first-order valence-corrected chi connectivity index (χ1v) is 17.4. The van der Waals surface area contributed by atoms with Gasteiger partial charge in [0.05, 0.1) is 27.4 Å². The van der Waals surface area contributed by atoms with Crippen LogP contribution in [0.3, 0.4) is 0 Å².